The average Bonchev–Trinajstić information content (AvgIpc) is 3.10. The topological polar surface area (TPSA) is 49.0 Å². The van der Waals surface area contributed by atoms with Gasteiger partial charge < -0.3 is 4.98 Å². The van der Waals surface area contributed by atoms with E-state index in [-0.39, 0.29) is 5.56 Å². The summed E-state index contributed by atoms with van der Waals surface area (Å²) < 4.78 is 1.35. The third-order valence-electron chi connectivity index (χ3n) is 6.02. The third-order valence-corrected chi connectivity index (χ3v) is 7.12. The van der Waals surface area contributed by atoms with Crippen molar-refractivity contribution >= 4 is 21.4 Å². The lowest BCUT2D eigenvalue weighted by molar-refractivity contribution is 0.241. The van der Waals surface area contributed by atoms with Crippen molar-refractivity contribution in [3.05, 3.63) is 62.6 Å². The van der Waals surface area contributed by atoms with Gasteiger partial charge in [-0.15, -0.1) is 11.3 Å². The summed E-state index contributed by atoms with van der Waals surface area (Å²) >= 11 is 1.87. The van der Waals surface area contributed by atoms with Crippen LogP contribution in [0.15, 0.2) is 35.1 Å². The minimum Gasteiger partial charge on any atom is -0.310 e. The first-order valence-corrected chi connectivity index (χ1v) is 10.9. The number of thiophene rings is 1. The van der Waals surface area contributed by atoms with Gasteiger partial charge in [0.2, 0.25) is 0 Å². The van der Waals surface area contributed by atoms with Crippen LogP contribution in [0, 0.1) is 0 Å². The molecule has 3 aromatic rings. The number of aromatic amines is 1. The van der Waals surface area contributed by atoms with Gasteiger partial charge in [-0.3, -0.25) is 9.69 Å². The van der Waals surface area contributed by atoms with Gasteiger partial charge in [-0.25, -0.2) is 4.98 Å². The fourth-order valence-corrected chi connectivity index (χ4v) is 5.66. The molecule has 2 aromatic heterocycles. The summed E-state index contributed by atoms with van der Waals surface area (Å²) in [6.45, 7) is 2.65. The highest BCUT2D eigenvalue weighted by atomic mass is 32.1. The Labute approximate surface area is 163 Å². The monoisotopic (exact) mass is 379 g/mol. The van der Waals surface area contributed by atoms with Crippen LogP contribution in [0.3, 0.4) is 0 Å². The molecular formula is C22H25N3OS. The van der Waals surface area contributed by atoms with Crippen molar-refractivity contribution in [3.8, 4) is 0 Å². The van der Waals surface area contributed by atoms with E-state index >= 15 is 0 Å². The third kappa shape index (κ3) is 3.46. The molecule has 5 heteroatoms. The number of aromatic nitrogens is 2. The molecule has 2 aliphatic rings. The smallest absolute Gasteiger partial charge is 0.254 e. The van der Waals surface area contributed by atoms with Gasteiger partial charge in [0.25, 0.3) is 5.56 Å². The Kier molecular flexibility index (Phi) is 4.58. The summed E-state index contributed by atoms with van der Waals surface area (Å²) in [5, 5.41) is 1.32. The maximum absolute atomic E-state index is 12.6. The van der Waals surface area contributed by atoms with Crippen LogP contribution in [0.4, 0.5) is 0 Å². The Morgan fingerprint density at radius 3 is 2.89 bits per heavy atom. The zero-order valence-corrected chi connectivity index (χ0v) is 16.4. The van der Waals surface area contributed by atoms with Gasteiger partial charge in [0, 0.05) is 40.7 Å². The molecule has 1 aliphatic heterocycles. The molecule has 0 amide bonds. The Bertz CT molecular complexity index is 983. The van der Waals surface area contributed by atoms with E-state index in [9.17, 15) is 4.79 Å². The second kappa shape index (κ2) is 7.21. The molecule has 0 radical (unpaired) electrons. The van der Waals surface area contributed by atoms with Crippen molar-refractivity contribution in [1.29, 1.82) is 0 Å². The second-order valence-electron chi connectivity index (χ2n) is 7.92. The molecule has 1 aromatic carbocycles. The van der Waals surface area contributed by atoms with Crippen LogP contribution in [-0.2, 0) is 19.5 Å². The van der Waals surface area contributed by atoms with Gasteiger partial charge in [-0.1, -0.05) is 37.5 Å². The standard InChI is InChI=1S/C22H25N3OS/c26-22-18-10-11-25(13-17-12-16-8-4-5-9-20(16)27-17)14-19(18)23-21(24-22)15-6-2-1-3-7-15/h4-5,8-9,12,15H,1-3,6-7,10-11,13-14H2,(H,23,24,26). The first kappa shape index (κ1) is 17.1. The van der Waals surface area contributed by atoms with E-state index in [1.165, 1.54) is 34.2 Å². The molecule has 27 heavy (non-hydrogen) atoms. The highest BCUT2D eigenvalue weighted by Gasteiger charge is 2.24. The minimum atomic E-state index is 0.0992. The van der Waals surface area contributed by atoms with Crippen molar-refractivity contribution in [2.75, 3.05) is 6.54 Å². The van der Waals surface area contributed by atoms with Crippen molar-refractivity contribution in [2.24, 2.45) is 0 Å². The highest BCUT2D eigenvalue weighted by Crippen LogP contribution is 2.31. The average molecular weight is 380 g/mol. The summed E-state index contributed by atoms with van der Waals surface area (Å²) in [6.07, 6.45) is 6.94. The molecule has 1 saturated carbocycles. The SMILES string of the molecule is O=c1[nH]c(C2CCCCC2)nc2c1CCN(Cc1cc3ccccc3s1)C2. The zero-order chi connectivity index (χ0) is 18.2. The molecule has 0 bridgehead atoms. The fourth-order valence-electron chi connectivity index (χ4n) is 4.55. The van der Waals surface area contributed by atoms with Crippen molar-refractivity contribution in [2.45, 2.75) is 57.5 Å². The lowest BCUT2D eigenvalue weighted by Gasteiger charge is -2.28. The lowest BCUT2D eigenvalue weighted by atomic mass is 9.88. The summed E-state index contributed by atoms with van der Waals surface area (Å²) in [6, 6.07) is 10.9. The molecule has 1 N–H and O–H groups in total. The number of nitrogens with one attached hydrogen (secondary N) is 1. The van der Waals surface area contributed by atoms with Gasteiger partial charge in [-0.2, -0.15) is 0 Å². The Morgan fingerprint density at radius 2 is 2.04 bits per heavy atom. The number of fused-ring (bicyclic) bond motifs is 2. The van der Waals surface area contributed by atoms with Crippen molar-refractivity contribution < 1.29 is 0 Å². The normalized spacial score (nSPS) is 18.7. The van der Waals surface area contributed by atoms with E-state index in [1.54, 1.807) is 0 Å². The number of benzene rings is 1. The molecule has 0 unspecified atom stereocenters. The summed E-state index contributed by atoms with van der Waals surface area (Å²) in [7, 11) is 0. The van der Waals surface area contributed by atoms with Crippen LogP contribution in [-0.4, -0.2) is 21.4 Å². The molecule has 0 saturated heterocycles. The maximum Gasteiger partial charge on any atom is 0.254 e. The van der Waals surface area contributed by atoms with Crippen LogP contribution < -0.4 is 5.56 Å². The number of hydrogen-bond donors (Lipinski definition) is 1. The molecule has 4 nitrogen and oxygen atoms in total. The van der Waals surface area contributed by atoms with E-state index in [1.807, 2.05) is 11.3 Å². The van der Waals surface area contributed by atoms with Crippen molar-refractivity contribution in [3.63, 3.8) is 0 Å². The molecule has 1 fully saturated rings. The largest absolute Gasteiger partial charge is 0.310 e. The van der Waals surface area contributed by atoms with E-state index in [0.29, 0.717) is 5.92 Å². The first-order valence-electron chi connectivity index (χ1n) is 10.1. The molecular weight excluding hydrogens is 354 g/mol. The lowest BCUT2D eigenvalue weighted by Crippen LogP contribution is -2.35. The number of hydrogen-bond acceptors (Lipinski definition) is 4. The molecule has 3 heterocycles. The zero-order valence-electron chi connectivity index (χ0n) is 15.5. The van der Waals surface area contributed by atoms with E-state index in [4.69, 9.17) is 4.98 Å². The summed E-state index contributed by atoms with van der Waals surface area (Å²) in [5.41, 5.74) is 2.01. The van der Waals surface area contributed by atoms with Gasteiger partial charge in [-0.05, 0) is 36.8 Å². The van der Waals surface area contributed by atoms with E-state index < -0.39 is 0 Å². The maximum atomic E-state index is 12.6. The van der Waals surface area contributed by atoms with Crippen LogP contribution in [0.25, 0.3) is 10.1 Å². The Morgan fingerprint density at radius 1 is 1.19 bits per heavy atom. The Balaban J connectivity index is 1.37. The Hall–Kier alpha value is -1.98. The van der Waals surface area contributed by atoms with Crippen LogP contribution in [0.2, 0.25) is 0 Å². The van der Waals surface area contributed by atoms with Gasteiger partial charge in [0.05, 0.1) is 5.69 Å². The number of rotatable bonds is 3. The second-order valence-corrected chi connectivity index (χ2v) is 9.09. The minimum absolute atomic E-state index is 0.0992. The van der Waals surface area contributed by atoms with Gasteiger partial charge in [0.15, 0.2) is 0 Å². The quantitative estimate of drug-likeness (QED) is 0.724. The predicted octanol–water partition coefficient (Wildman–Crippen LogP) is 4.59. The molecule has 1 aliphatic carbocycles. The number of nitrogens with zero attached hydrogens (tertiary/aromatic N) is 2. The molecule has 0 spiro atoms. The molecule has 5 rings (SSSR count). The van der Waals surface area contributed by atoms with E-state index in [2.05, 4.69) is 40.2 Å². The summed E-state index contributed by atoms with van der Waals surface area (Å²) in [5.74, 6) is 1.37. The van der Waals surface area contributed by atoms with Gasteiger partial charge >= 0.3 is 0 Å². The fraction of sp³-hybridized carbons (Fsp3) is 0.455. The van der Waals surface area contributed by atoms with E-state index in [0.717, 1.165) is 56.0 Å². The number of H-pyrrole nitrogens is 1. The van der Waals surface area contributed by atoms with Crippen LogP contribution in [0.1, 0.15) is 60.0 Å². The van der Waals surface area contributed by atoms with Crippen molar-refractivity contribution in [1.82, 2.24) is 14.9 Å². The van der Waals surface area contributed by atoms with Crippen LogP contribution >= 0.6 is 11.3 Å². The van der Waals surface area contributed by atoms with Crippen LogP contribution in [0.5, 0.6) is 0 Å². The van der Waals surface area contributed by atoms with Gasteiger partial charge in [0.1, 0.15) is 5.82 Å². The predicted molar refractivity (Wildman–Crippen MR) is 110 cm³/mol. The summed E-state index contributed by atoms with van der Waals surface area (Å²) in [4.78, 5) is 24.5. The molecule has 0 atom stereocenters. The highest BCUT2D eigenvalue weighted by molar-refractivity contribution is 7.19. The first-order chi connectivity index (χ1) is 13.3. The molecule has 140 valence electrons.